The number of aromatic hydroxyl groups is 1. The highest BCUT2D eigenvalue weighted by atomic mass is 35.5. The van der Waals surface area contributed by atoms with Crippen molar-refractivity contribution in [2.45, 2.75) is 19.4 Å². The predicted molar refractivity (Wildman–Crippen MR) is 183 cm³/mol. The van der Waals surface area contributed by atoms with Crippen LogP contribution in [0.5, 0.6) is 17.2 Å². The lowest BCUT2D eigenvalue weighted by molar-refractivity contribution is -0.118. The lowest BCUT2D eigenvalue weighted by atomic mass is 10.0. The zero-order valence-corrected chi connectivity index (χ0v) is 26.5. The maximum absolute atomic E-state index is 14.1. The Morgan fingerprint density at radius 3 is 1.96 bits per heavy atom. The third-order valence-electron chi connectivity index (χ3n) is 7.41. The Morgan fingerprint density at radius 2 is 1.38 bits per heavy atom. The first-order chi connectivity index (χ1) is 22.7. The average molecular weight is 655 g/mol. The summed E-state index contributed by atoms with van der Waals surface area (Å²) in [7, 11) is 0. The molecule has 1 atom stereocenters. The largest absolute Gasteiger partial charge is 0.506 e. The fourth-order valence-electron chi connectivity index (χ4n) is 5.05. The number of anilines is 1. The number of carbonyl (C=O) groups excluding carboxylic acids is 3. The van der Waals surface area contributed by atoms with Crippen molar-refractivity contribution in [2.24, 2.45) is 11.5 Å². The molecular formula is C36H35ClN4O6. The number of carbonyl (C=O) groups is 3. The molecule has 11 heteroatoms. The SMILES string of the molecule is C[C@H](N)C(=O)N(C(=O)c1cc2ccccc2cc1OCCNC(=O)c1cc2ccccc2cc1OCCCN)c1ccc(Cl)cc1O. The van der Waals surface area contributed by atoms with Crippen molar-refractivity contribution in [3.8, 4) is 17.2 Å². The van der Waals surface area contributed by atoms with Crippen LogP contribution in [0.3, 0.4) is 0 Å². The van der Waals surface area contributed by atoms with Gasteiger partial charge in [-0.2, -0.15) is 0 Å². The Labute approximate surface area is 276 Å². The fourth-order valence-corrected chi connectivity index (χ4v) is 5.21. The van der Waals surface area contributed by atoms with E-state index < -0.39 is 17.9 Å². The molecule has 0 aliphatic carbocycles. The van der Waals surface area contributed by atoms with E-state index in [4.69, 9.17) is 32.5 Å². The number of nitrogens with two attached hydrogens (primary N) is 2. The molecule has 242 valence electrons. The molecule has 0 spiro atoms. The van der Waals surface area contributed by atoms with E-state index in [1.165, 1.54) is 25.1 Å². The molecule has 0 heterocycles. The molecule has 0 bridgehead atoms. The Bertz CT molecular complexity index is 1950. The van der Waals surface area contributed by atoms with Gasteiger partial charge in [-0.15, -0.1) is 0 Å². The number of phenols is 1. The van der Waals surface area contributed by atoms with Gasteiger partial charge in [-0.05, 0) is 77.8 Å². The fraction of sp³-hybridized carbons (Fsp3) is 0.194. The molecule has 0 aromatic heterocycles. The number of rotatable bonds is 12. The molecule has 0 aliphatic rings. The number of hydrogen-bond donors (Lipinski definition) is 4. The smallest absolute Gasteiger partial charge is 0.269 e. The lowest BCUT2D eigenvalue weighted by Crippen LogP contribution is -2.46. The number of amides is 3. The van der Waals surface area contributed by atoms with Gasteiger partial charge in [0.2, 0.25) is 0 Å². The molecule has 6 N–H and O–H groups in total. The van der Waals surface area contributed by atoms with E-state index in [9.17, 15) is 19.5 Å². The quantitative estimate of drug-likeness (QED) is 0.130. The second-order valence-corrected chi connectivity index (χ2v) is 11.3. The molecule has 10 nitrogen and oxygen atoms in total. The van der Waals surface area contributed by atoms with Crippen molar-refractivity contribution in [3.05, 3.63) is 107 Å². The van der Waals surface area contributed by atoms with Crippen molar-refractivity contribution in [1.29, 1.82) is 0 Å². The van der Waals surface area contributed by atoms with Gasteiger partial charge in [-0.3, -0.25) is 14.4 Å². The summed E-state index contributed by atoms with van der Waals surface area (Å²) in [6.45, 7) is 2.36. The predicted octanol–water partition coefficient (Wildman–Crippen LogP) is 5.41. The highest BCUT2D eigenvalue weighted by Crippen LogP contribution is 2.34. The van der Waals surface area contributed by atoms with Crippen LogP contribution in [0.25, 0.3) is 21.5 Å². The van der Waals surface area contributed by atoms with Gasteiger partial charge < -0.3 is 31.4 Å². The maximum Gasteiger partial charge on any atom is 0.269 e. The molecule has 47 heavy (non-hydrogen) atoms. The summed E-state index contributed by atoms with van der Waals surface area (Å²) in [5.74, 6) is -1.60. The molecule has 3 amide bonds. The molecule has 0 saturated carbocycles. The molecule has 0 saturated heterocycles. The van der Waals surface area contributed by atoms with Crippen molar-refractivity contribution in [3.63, 3.8) is 0 Å². The number of nitrogens with zero attached hydrogens (tertiary/aromatic N) is 1. The van der Waals surface area contributed by atoms with Crippen molar-refractivity contribution >= 4 is 56.6 Å². The second kappa shape index (κ2) is 15.0. The van der Waals surface area contributed by atoms with Gasteiger partial charge in [0.1, 0.15) is 23.9 Å². The Balaban J connectivity index is 1.40. The van der Waals surface area contributed by atoms with Crippen LogP contribution in [-0.4, -0.2) is 55.2 Å². The molecule has 5 rings (SSSR count). The van der Waals surface area contributed by atoms with E-state index in [0.717, 1.165) is 26.4 Å². The Kier molecular flexibility index (Phi) is 10.6. The summed E-state index contributed by atoms with van der Waals surface area (Å²) >= 11 is 6.01. The highest BCUT2D eigenvalue weighted by Gasteiger charge is 2.31. The van der Waals surface area contributed by atoms with Gasteiger partial charge in [0, 0.05) is 11.1 Å². The average Bonchev–Trinajstić information content (AvgIpc) is 3.06. The van der Waals surface area contributed by atoms with Gasteiger partial charge in [-0.1, -0.05) is 60.1 Å². The van der Waals surface area contributed by atoms with Gasteiger partial charge in [0.15, 0.2) is 0 Å². The van der Waals surface area contributed by atoms with E-state index in [-0.39, 0.29) is 46.8 Å². The van der Waals surface area contributed by atoms with Crippen LogP contribution in [0.15, 0.2) is 91.0 Å². The first kappa shape index (κ1) is 33.2. The van der Waals surface area contributed by atoms with E-state index in [0.29, 0.717) is 30.9 Å². The van der Waals surface area contributed by atoms with E-state index in [2.05, 4.69) is 5.32 Å². The first-order valence-corrected chi connectivity index (χ1v) is 15.5. The Hall–Kier alpha value is -5.16. The van der Waals surface area contributed by atoms with Gasteiger partial charge >= 0.3 is 0 Å². The van der Waals surface area contributed by atoms with Crippen LogP contribution in [0, 0.1) is 0 Å². The lowest BCUT2D eigenvalue weighted by Gasteiger charge is -2.25. The molecule has 5 aromatic rings. The van der Waals surface area contributed by atoms with Crippen LogP contribution < -0.4 is 31.2 Å². The minimum Gasteiger partial charge on any atom is -0.506 e. The summed E-state index contributed by atoms with van der Waals surface area (Å²) in [6.07, 6.45) is 0.638. The summed E-state index contributed by atoms with van der Waals surface area (Å²) in [6, 6.07) is 24.9. The first-order valence-electron chi connectivity index (χ1n) is 15.1. The number of hydrogen-bond acceptors (Lipinski definition) is 8. The minimum absolute atomic E-state index is 0.00522. The van der Waals surface area contributed by atoms with Crippen molar-refractivity contribution < 1.29 is 29.0 Å². The van der Waals surface area contributed by atoms with E-state index in [1.807, 2.05) is 54.6 Å². The molecule has 0 fully saturated rings. The highest BCUT2D eigenvalue weighted by molar-refractivity contribution is 6.31. The van der Waals surface area contributed by atoms with Crippen LogP contribution >= 0.6 is 11.6 Å². The van der Waals surface area contributed by atoms with Crippen LogP contribution in [-0.2, 0) is 4.79 Å². The monoisotopic (exact) mass is 654 g/mol. The number of benzene rings is 5. The maximum atomic E-state index is 14.1. The Morgan fingerprint density at radius 1 is 0.830 bits per heavy atom. The third-order valence-corrected chi connectivity index (χ3v) is 7.65. The van der Waals surface area contributed by atoms with E-state index >= 15 is 0 Å². The number of fused-ring (bicyclic) bond motifs is 2. The van der Waals surface area contributed by atoms with Crippen molar-refractivity contribution in [2.75, 3.05) is 31.2 Å². The second-order valence-electron chi connectivity index (χ2n) is 10.9. The standard InChI is InChI=1S/C36H35ClN4O6/c1-22(39)35(44)41(30-12-11-27(37)21-31(30)42)36(45)29-18-24-8-3-5-10-26(24)20-33(29)47-16-14-40-34(43)28-17-23-7-2-4-9-25(23)19-32(28)46-15-6-13-38/h2-5,7-12,17-22,42H,6,13-16,38-39H2,1H3,(H,40,43)/t22-/m0/s1. The summed E-state index contributed by atoms with van der Waals surface area (Å²) in [5, 5.41) is 17.1. The van der Waals surface area contributed by atoms with Gasteiger partial charge in [0.05, 0.1) is 36.0 Å². The van der Waals surface area contributed by atoms with Crippen LogP contribution in [0.2, 0.25) is 5.02 Å². The number of imide groups is 1. The van der Waals surface area contributed by atoms with Gasteiger partial charge in [-0.25, -0.2) is 4.90 Å². The number of nitrogens with one attached hydrogen (secondary N) is 1. The van der Waals surface area contributed by atoms with Crippen molar-refractivity contribution in [1.82, 2.24) is 5.32 Å². The van der Waals surface area contributed by atoms with Crippen LogP contribution in [0.1, 0.15) is 34.1 Å². The topological polar surface area (TPSA) is 157 Å². The molecule has 0 radical (unpaired) electrons. The zero-order chi connectivity index (χ0) is 33.5. The number of ether oxygens (including phenoxy) is 2. The third kappa shape index (κ3) is 7.63. The zero-order valence-electron chi connectivity index (χ0n) is 25.7. The molecule has 0 unspecified atom stereocenters. The summed E-state index contributed by atoms with van der Waals surface area (Å²) in [4.78, 5) is 41.5. The summed E-state index contributed by atoms with van der Waals surface area (Å²) < 4.78 is 12.0. The number of phenolic OH excluding ortho intramolecular Hbond substituents is 1. The molecular weight excluding hydrogens is 620 g/mol. The van der Waals surface area contributed by atoms with Crippen LogP contribution in [0.4, 0.5) is 5.69 Å². The molecule has 5 aromatic carbocycles. The van der Waals surface area contributed by atoms with Gasteiger partial charge in [0.25, 0.3) is 17.7 Å². The normalized spacial score (nSPS) is 11.7. The number of halogens is 1. The summed E-state index contributed by atoms with van der Waals surface area (Å²) in [5.41, 5.74) is 11.9. The van der Waals surface area contributed by atoms with E-state index in [1.54, 1.807) is 18.2 Å². The molecule has 0 aliphatic heterocycles. The minimum atomic E-state index is -1.06.